The lowest BCUT2D eigenvalue weighted by atomic mass is 9.54. The Morgan fingerprint density at radius 3 is 2.42 bits per heavy atom. The van der Waals surface area contributed by atoms with Crippen molar-refractivity contribution in [2.24, 2.45) is 11.1 Å². The van der Waals surface area contributed by atoms with Crippen LogP contribution in [0.25, 0.3) is 0 Å². The van der Waals surface area contributed by atoms with Crippen LogP contribution >= 0.6 is 12.4 Å². The summed E-state index contributed by atoms with van der Waals surface area (Å²) >= 11 is 0. The number of carbonyl (C=O) groups excluding carboxylic acids is 1. The summed E-state index contributed by atoms with van der Waals surface area (Å²) in [5, 5.41) is 10.0. The van der Waals surface area contributed by atoms with Gasteiger partial charge in [-0.15, -0.1) is 12.4 Å². The van der Waals surface area contributed by atoms with Crippen molar-refractivity contribution < 1.29 is 14.6 Å². The van der Waals surface area contributed by atoms with Crippen molar-refractivity contribution in [2.75, 3.05) is 37.7 Å². The fourth-order valence-corrected chi connectivity index (χ4v) is 3.96. The van der Waals surface area contributed by atoms with Gasteiger partial charge in [-0.05, 0) is 19.1 Å². The van der Waals surface area contributed by atoms with E-state index in [2.05, 4.69) is 4.90 Å². The molecule has 0 spiro atoms. The minimum atomic E-state index is -0.857. The number of hydrogen-bond donors (Lipinski definition) is 2. The number of hydrogen-bond acceptors (Lipinski definition) is 5. The molecule has 1 saturated heterocycles. The first-order valence-corrected chi connectivity index (χ1v) is 9.04. The van der Waals surface area contributed by atoms with Crippen molar-refractivity contribution in [3.63, 3.8) is 0 Å². The number of benzene rings is 1. The molecule has 1 aromatic rings. The highest BCUT2D eigenvalue weighted by Crippen LogP contribution is 2.50. The highest BCUT2D eigenvalue weighted by Gasteiger charge is 2.63. The molecule has 3 rings (SSSR count). The van der Waals surface area contributed by atoms with Crippen LogP contribution in [0.2, 0.25) is 0 Å². The predicted octanol–water partition coefficient (Wildman–Crippen LogP) is 2.00. The zero-order valence-electron chi connectivity index (χ0n) is 15.8. The molecule has 26 heavy (non-hydrogen) atoms. The standard InChI is InChI=1S/C19H29N3O3.ClH/c1-4-25-16-13-19(20,18(16,2)3)17(24)22-11-9-21(10-12-22)14-7-5-6-8-15(14)23;/h5-8,16,23H,4,9-13,20H2,1-3H3;1H. The van der Waals surface area contributed by atoms with Gasteiger partial charge in [-0.3, -0.25) is 4.79 Å². The Hall–Kier alpha value is -1.50. The molecule has 2 unspecified atom stereocenters. The van der Waals surface area contributed by atoms with Crippen LogP contribution in [0, 0.1) is 5.41 Å². The molecule has 1 heterocycles. The van der Waals surface area contributed by atoms with Gasteiger partial charge < -0.3 is 25.4 Å². The highest BCUT2D eigenvalue weighted by molar-refractivity contribution is 5.89. The fraction of sp³-hybridized carbons (Fsp3) is 0.632. The van der Waals surface area contributed by atoms with Crippen LogP contribution in [-0.2, 0) is 9.53 Å². The largest absolute Gasteiger partial charge is 0.506 e. The number of para-hydroxylation sites is 2. The number of piperazine rings is 1. The number of carbonyl (C=O) groups is 1. The third-order valence-corrected chi connectivity index (χ3v) is 6.00. The summed E-state index contributed by atoms with van der Waals surface area (Å²) in [4.78, 5) is 17.0. The monoisotopic (exact) mass is 383 g/mol. The Bertz CT molecular complexity index is 647. The van der Waals surface area contributed by atoms with Crippen LogP contribution in [0.5, 0.6) is 5.75 Å². The van der Waals surface area contributed by atoms with Crippen molar-refractivity contribution in [1.82, 2.24) is 4.90 Å². The van der Waals surface area contributed by atoms with E-state index in [9.17, 15) is 9.90 Å². The number of amides is 1. The molecule has 7 heteroatoms. The highest BCUT2D eigenvalue weighted by atomic mass is 35.5. The molecule has 3 N–H and O–H groups in total. The average Bonchev–Trinajstić information content (AvgIpc) is 2.61. The summed E-state index contributed by atoms with van der Waals surface area (Å²) in [5.41, 5.74) is 6.11. The average molecular weight is 384 g/mol. The summed E-state index contributed by atoms with van der Waals surface area (Å²) in [5.74, 6) is 0.294. The summed E-state index contributed by atoms with van der Waals surface area (Å²) in [6.45, 7) is 9.25. The van der Waals surface area contributed by atoms with E-state index in [0.29, 0.717) is 39.2 Å². The predicted molar refractivity (Wildman–Crippen MR) is 105 cm³/mol. The van der Waals surface area contributed by atoms with Crippen LogP contribution in [0.15, 0.2) is 24.3 Å². The van der Waals surface area contributed by atoms with E-state index in [1.807, 2.05) is 43.9 Å². The molecule has 1 aromatic carbocycles. The number of phenolic OH excluding ortho intramolecular Hbond substituents is 1. The summed E-state index contributed by atoms with van der Waals surface area (Å²) in [7, 11) is 0. The quantitative estimate of drug-likeness (QED) is 0.831. The molecular weight excluding hydrogens is 354 g/mol. The molecule has 2 atom stereocenters. The molecule has 1 aliphatic carbocycles. The van der Waals surface area contributed by atoms with Crippen molar-refractivity contribution in [3.05, 3.63) is 24.3 Å². The van der Waals surface area contributed by atoms with Crippen molar-refractivity contribution in [2.45, 2.75) is 38.8 Å². The normalized spacial score (nSPS) is 27.5. The van der Waals surface area contributed by atoms with Crippen LogP contribution in [0.4, 0.5) is 5.69 Å². The molecule has 2 fully saturated rings. The van der Waals surface area contributed by atoms with Gasteiger partial charge in [-0.25, -0.2) is 0 Å². The SMILES string of the molecule is CCOC1CC(N)(C(=O)N2CCN(c3ccccc3O)CC2)C1(C)C.Cl. The molecule has 146 valence electrons. The van der Waals surface area contributed by atoms with E-state index < -0.39 is 5.54 Å². The third kappa shape index (κ3) is 3.26. The Balaban J connectivity index is 0.00000243. The van der Waals surface area contributed by atoms with Crippen molar-refractivity contribution in [1.29, 1.82) is 0 Å². The van der Waals surface area contributed by atoms with Gasteiger partial charge in [0.2, 0.25) is 5.91 Å². The first kappa shape index (κ1) is 20.8. The van der Waals surface area contributed by atoms with Gasteiger partial charge >= 0.3 is 0 Å². The number of nitrogens with two attached hydrogens (primary N) is 1. The first-order chi connectivity index (χ1) is 11.8. The molecule has 1 saturated carbocycles. The van der Waals surface area contributed by atoms with Gasteiger partial charge in [0.15, 0.2) is 0 Å². The number of anilines is 1. The Kier molecular flexibility index (Phi) is 6.10. The smallest absolute Gasteiger partial charge is 0.243 e. The lowest BCUT2D eigenvalue weighted by Crippen LogP contribution is -2.76. The molecule has 0 radical (unpaired) electrons. The molecule has 0 bridgehead atoms. The van der Waals surface area contributed by atoms with E-state index >= 15 is 0 Å². The van der Waals surface area contributed by atoms with Crippen LogP contribution < -0.4 is 10.6 Å². The van der Waals surface area contributed by atoms with E-state index in [0.717, 1.165) is 5.69 Å². The van der Waals surface area contributed by atoms with Gasteiger partial charge in [-0.1, -0.05) is 26.0 Å². The summed E-state index contributed by atoms with van der Waals surface area (Å²) < 4.78 is 5.73. The van der Waals surface area contributed by atoms with E-state index in [4.69, 9.17) is 10.5 Å². The topological polar surface area (TPSA) is 79.0 Å². The minimum Gasteiger partial charge on any atom is -0.506 e. The van der Waals surface area contributed by atoms with Gasteiger partial charge in [0.25, 0.3) is 0 Å². The second-order valence-corrected chi connectivity index (χ2v) is 7.61. The van der Waals surface area contributed by atoms with Gasteiger partial charge in [-0.2, -0.15) is 0 Å². The van der Waals surface area contributed by atoms with E-state index in [1.165, 1.54) is 0 Å². The number of rotatable bonds is 4. The lowest BCUT2D eigenvalue weighted by Gasteiger charge is -2.59. The van der Waals surface area contributed by atoms with Crippen molar-refractivity contribution in [3.8, 4) is 5.75 Å². The number of ether oxygens (including phenoxy) is 1. The fourth-order valence-electron chi connectivity index (χ4n) is 3.96. The van der Waals surface area contributed by atoms with E-state index in [1.54, 1.807) is 6.07 Å². The minimum absolute atomic E-state index is 0. The summed E-state index contributed by atoms with van der Waals surface area (Å²) in [6.07, 6.45) is 0.612. The van der Waals surface area contributed by atoms with Gasteiger partial charge in [0.1, 0.15) is 11.3 Å². The number of aromatic hydroxyl groups is 1. The first-order valence-electron chi connectivity index (χ1n) is 9.04. The number of nitrogens with zero attached hydrogens (tertiary/aromatic N) is 2. The molecule has 0 aromatic heterocycles. The maximum absolute atomic E-state index is 13.1. The number of phenols is 1. The lowest BCUT2D eigenvalue weighted by molar-refractivity contribution is -0.179. The molecular formula is C19H30ClN3O3. The van der Waals surface area contributed by atoms with Crippen LogP contribution in [-0.4, -0.2) is 60.3 Å². The Morgan fingerprint density at radius 1 is 1.27 bits per heavy atom. The van der Waals surface area contributed by atoms with Crippen LogP contribution in [0.1, 0.15) is 27.2 Å². The molecule has 6 nitrogen and oxygen atoms in total. The summed E-state index contributed by atoms with van der Waals surface area (Å²) in [6, 6.07) is 7.31. The second-order valence-electron chi connectivity index (χ2n) is 7.61. The van der Waals surface area contributed by atoms with Crippen LogP contribution in [0.3, 0.4) is 0 Å². The molecule has 1 aliphatic heterocycles. The second kappa shape index (κ2) is 7.62. The number of halogens is 1. The van der Waals surface area contributed by atoms with Crippen molar-refractivity contribution >= 4 is 24.0 Å². The van der Waals surface area contributed by atoms with Gasteiger partial charge in [0, 0.05) is 44.6 Å². The zero-order valence-corrected chi connectivity index (χ0v) is 16.6. The molecule has 1 amide bonds. The maximum Gasteiger partial charge on any atom is 0.243 e. The Labute approximate surface area is 161 Å². The zero-order chi connectivity index (χ0) is 18.2. The molecule has 2 aliphatic rings. The van der Waals surface area contributed by atoms with E-state index in [-0.39, 0.29) is 35.6 Å². The Morgan fingerprint density at radius 2 is 1.88 bits per heavy atom. The maximum atomic E-state index is 13.1. The third-order valence-electron chi connectivity index (χ3n) is 6.00. The van der Waals surface area contributed by atoms with Gasteiger partial charge in [0.05, 0.1) is 11.8 Å².